The molecule has 0 spiro atoms. The minimum Gasteiger partial charge on any atom is -0.398 e. The van der Waals surface area contributed by atoms with Gasteiger partial charge in [-0.25, -0.2) is 0 Å². The molecule has 2 N–H and O–H groups in total. The van der Waals surface area contributed by atoms with Crippen LogP contribution in [0.1, 0.15) is 19.8 Å². The molecule has 0 radical (unpaired) electrons. The summed E-state index contributed by atoms with van der Waals surface area (Å²) in [5.74, 6) is 0. The number of aromatic nitrogens is 1. The van der Waals surface area contributed by atoms with Crippen molar-refractivity contribution in [3.63, 3.8) is 0 Å². The topological polar surface area (TPSA) is 51.4 Å². The van der Waals surface area contributed by atoms with Gasteiger partial charge in [0.2, 0.25) is 0 Å². The number of fused-ring (bicyclic) bond motifs is 1. The lowest BCUT2D eigenvalue weighted by atomic mass is 10.0. The van der Waals surface area contributed by atoms with Gasteiger partial charge in [0.15, 0.2) is 0 Å². The first-order chi connectivity index (χ1) is 9.79. The third-order valence-electron chi connectivity index (χ3n) is 3.95. The molecule has 106 valence electrons. The molecular weight excluding hydrogens is 250 g/mol. The number of anilines is 2. The summed E-state index contributed by atoms with van der Waals surface area (Å²) in [5.41, 5.74) is 8.08. The van der Waals surface area contributed by atoms with Crippen LogP contribution >= 0.6 is 0 Å². The van der Waals surface area contributed by atoms with Crippen LogP contribution in [0.5, 0.6) is 0 Å². The van der Waals surface area contributed by atoms with E-state index in [9.17, 15) is 0 Å². The molecule has 1 aliphatic rings. The van der Waals surface area contributed by atoms with Gasteiger partial charge in [-0.05, 0) is 38.0 Å². The van der Waals surface area contributed by atoms with Crippen molar-refractivity contribution in [2.24, 2.45) is 0 Å². The predicted octanol–water partition coefficient (Wildman–Crippen LogP) is 2.82. The van der Waals surface area contributed by atoms with Crippen LogP contribution in [0, 0.1) is 0 Å². The molecule has 1 atom stereocenters. The Morgan fingerprint density at radius 3 is 3.10 bits per heavy atom. The maximum absolute atomic E-state index is 6.06. The van der Waals surface area contributed by atoms with Crippen molar-refractivity contribution in [3.05, 3.63) is 30.6 Å². The van der Waals surface area contributed by atoms with Gasteiger partial charge < -0.3 is 15.4 Å². The molecule has 2 heterocycles. The Kier molecular flexibility index (Phi) is 3.74. The molecule has 3 rings (SSSR count). The molecule has 1 aromatic carbocycles. The van der Waals surface area contributed by atoms with E-state index in [1.165, 1.54) is 5.69 Å². The maximum Gasteiger partial charge on any atom is 0.0750 e. The second-order valence-corrected chi connectivity index (χ2v) is 5.26. The third-order valence-corrected chi connectivity index (χ3v) is 3.95. The third kappa shape index (κ3) is 2.43. The van der Waals surface area contributed by atoms with Crippen LogP contribution < -0.4 is 10.6 Å². The summed E-state index contributed by atoms with van der Waals surface area (Å²) in [6, 6.07) is 6.08. The van der Waals surface area contributed by atoms with Gasteiger partial charge in [0, 0.05) is 54.2 Å². The van der Waals surface area contributed by atoms with Gasteiger partial charge in [-0.15, -0.1) is 0 Å². The van der Waals surface area contributed by atoms with Crippen LogP contribution in [0.4, 0.5) is 11.4 Å². The Hall–Kier alpha value is -1.81. The highest BCUT2D eigenvalue weighted by Crippen LogP contribution is 2.32. The second kappa shape index (κ2) is 5.67. The SMILES string of the molecule is CCOC1CCCN(c2ccc(N)c3ccncc23)C1. The van der Waals surface area contributed by atoms with Gasteiger partial charge in [0.1, 0.15) is 0 Å². The summed E-state index contributed by atoms with van der Waals surface area (Å²) in [4.78, 5) is 6.65. The zero-order valence-electron chi connectivity index (χ0n) is 11.9. The fraction of sp³-hybridized carbons (Fsp3) is 0.438. The van der Waals surface area contributed by atoms with Gasteiger partial charge in [-0.3, -0.25) is 4.98 Å². The standard InChI is InChI=1S/C16H21N3O/c1-2-20-12-4-3-9-19(11-12)16-6-5-15(17)13-7-8-18-10-14(13)16/h5-8,10,12H,2-4,9,11,17H2,1H3. The van der Waals surface area contributed by atoms with E-state index in [1.54, 1.807) is 6.20 Å². The molecule has 0 amide bonds. The van der Waals surface area contributed by atoms with Crippen molar-refractivity contribution >= 4 is 22.1 Å². The molecule has 2 aromatic rings. The zero-order chi connectivity index (χ0) is 13.9. The quantitative estimate of drug-likeness (QED) is 0.872. The molecular formula is C16H21N3O. The minimum atomic E-state index is 0.332. The van der Waals surface area contributed by atoms with E-state index >= 15 is 0 Å². The second-order valence-electron chi connectivity index (χ2n) is 5.26. The molecule has 0 aliphatic carbocycles. The number of piperidine rings is 1. The Labute approximate surface area is 119 Å². The molecule has 1 fully saturated rings. The Morgan fingerprint density at radius 1 is 1.35 bits per heavy atom. The fourth-order valence-corrected chi connectivity index (χ4v) is 3.00. The molecule has 0 bridgehead atoms. The molecule has 4 nitrogen and oxygen atoms in total. The molecule has 1 aliphatic heterocycles. The first kappa shape index (κ1) is 13.2. The van der Waals surface area contributed by atoms with E-state index in [4.69, 9.17) is 10.5 Å². The van der Waals surface area contributed by atoms with Crippen LogP contribution in [0.2, 0.25) is 0 Å². The van der Waals surface area contributed by atoms with E-state index in [1.807, 2.05) is 18.3 Å². The smallest absolute Gasteiger partial charge is 0.0750 e. The Balaban J connectivity index is 1.95. The summed E-state index contributed by atoms with van der Waals surface area (Å²) in [7, 11) is 0. The number of nitrogens with two attached hydrogens (primary N) is 1. The van der Waals surface area contributed by atoms with Crippen molar-refractivity contribution in [3.8, 4) is 0 Å². The fourth-order valence-electron chi connectivity index (χ4n) is 3.00. The zero-order valence-corrected chi connectivity index (χ0v) is 11.9. The van der Waals surface area contributed by atoms with Crippen LogP contribution in [0.3, 0.4) is 0 Å². The van der Waals surface area contributed by atoms with Crippen molar-refractivity contribution in [1.82, 2.24) is 4.98 Å². The van der Waals surface area contributed by atoms with Crippen LogP contribution in [0.25, 0.3) is 10.8 Å². The van der Waals surface area contributed by atoms with Crippen molar-refractivity contribution in [1.29, 1.82) is 0 Å². The van der Waals surface area contributed by atoms with Gasteiger partial charge in [-0.2, -0.15) is 0 Å². The lowest BCUT2D eigenvalue weighted by molar-refractivity contribution is 0.0527. The van der Waals surface area contributed by atoms with Gasteiger partial charge in [0.25, 0.3) is 0 Å². The first-order valence-electron chi connectivity index (χ1n) is 7.28. The summed E-state index contributed by atoms with van der Waals surface area (Å²) in [6.07, 6.45) is 6.34. The van der Waals surface area contributed by atoms with Gasteiger partial charge >= 0.3 is 0 Å². The monoisotopic (exact) mass is 271 g/mol. The van der Waals surface area contributed by atoms with Crippen molar-refractivity contribution in [2.75, 3.05) is 30.3 Å². The summed E-state index contributed by atoms with van der Waals surface area (Å²) in [6.45, 7) is 4.85. The predicted molar refractivity (Wildman–Crippen MR) is 83.0 cm³/mol. The van der Waals surface area contributed by atoms with E-state index < -0.39 is 0 Å². The van der Waals surface area contributed by atoms with E-state index in [0.717, 1.165) is 49.0 Å². The number of pyridine rings is 1. The van der Waals surface area contributed by atoms with Crippen LogP contribution in [-0.2, 0) is 4.74 Å². The highest BCUT2D eigenvalue weighted by molar-refractivity contribution is 6.00. The largest absolute Gasteiger partial charge is 0.398 e. The van der Waals surface area contributed by atoms with E-state index in [2.05, 4.69) is 22.9 Å². The molecule has 1 unspecified atom stereocenters. The van der Waals surface area contributed by atoms with E-state index in [0.29, 0.717) is 6.10 Å². The minimum absolute atomic E-state index is 0.332. The van der Waals surface area contributed by atoms with Crippen LogP contribution in [0.15, 0.2) is 30.6 Å². The summed E-state index contributed by atoms with van der Waals surface area (Å²) < 4.78 is 5.79. The van der Waals surface area contributed by atoms with Crippen molar-refractivity contribution < 1.29 is 4.74 Å². The molecule has 0 saturated carbocycles. The number of ether oxygens (including phenoxy) is 1. The first-order valence-corrected chi connectivity index (χ1v) is 7.28. The van der Waals surface area contributed by atoms with E-state index in [-0.39, 0.29) is 0 Å². The highest BCUT2D eigenvalue weighted by atomic mass is 16.5. The Morgan fingerprint density at radius 2 is 2.25 bits per heavy atom. The van der Waals surface area contributed by atoms with Crippen LogP contribution in [-0.4, -0.2) is 30.8 Å². The lowest BCUT2D eigenvalue weighted by Gasteiger charge is -2.34. The number of hydrogen-bond donors (Lipinski definition) is 1. The normalized spacial score (nSPS) is 19.4. The van der Waals surface area contributed by atoms with Gasteiger partial charge in [-0.1, -0.05) is 0 Å². The summed E-state index contributed by atoms with van der Waals surface area (Å²) >= 11 is 0. The number of rotatable bonds is 3. The van der Waals surface area contributed by atoms with Gasteiger partial charge in [0.05, 0.1) is 6.10 Å². The highest BCUT2D eigenvalue weighted by Gasteiger charge is 2.21. The van der Waals surface area contributed by atoms with Crippen molar-refractivity contribution in [2.45, 2.75) is 25.9 Å². The average Bonchev–Trinajstić information content (AvgIpc) is 2.49. The molecule has 1 aromatic heterocycles. The lowest BCUT2D eigenvalue weighted by Crippen LogP contribution is -2.39. The average molecular weight is 271 g/mol. The number of nitrogens with zero attached hydrogens (tertiary/aromatic N) is 2. The molecule has 20 heavy (non-hydrogen) atoms. The Bertz CT molecular complexity index is 597. The summed E-state index contributed by atoms with van der Waals surface area (Å²) in [5, 5.41) is 2.21. The molecule has 1 saturated heterocycles. The number of hydrogen-bond acceptors (Lipinski definition) is 4. The number of nitrogen functional groups attached to an aromatic ring is 1. The molecule has 4 heteroatoms. The maximum atomic E-state index is 6.06. The number of benzene rings is 1.